The number of benzene rings is 3. The Hall–Kier alpha value is -2.85. The van der Waals surface area contributed by atoms with E-state index in [1.807, 2.05) is 38.1 Å². The highest BCUT2D eigenvalue weighted by Gasteiger charge is 2.25. The molecule has 0 bridgehead atoms. The molecule has 0 aromatic heterocycles. The van der Waals surface area contributed by atoms with Gasteiger partial charge in [-0.2, -0.15) is 0 Å². The topological polar surface area (TPSA) is 41.6 Å². The number of likely N-dealkylation sites (tertiary alicyclic amines) is 1. The van der Waals surface area contributed by atoms with Gasteiger partial charge in [0.15, 0.2) is 0 Å². The maximum absolute atomic E-state index is 12.8. The van der Waals surface area contributed by atoms with Gasteiger partial charge in [0.25, 0.3) is 0 Å². The van der Waals surface area contributed by atoms with E-state index in [0.717, 1.165) is 43.9 Å². The Morgan fingerprint density at radius 2 is 1.77 bits per heavy atom. The molecule has 0 saturated carbocycles. The molecule has 1 N–H and O–H groups in total. The maximum atomic E-state index is 12.8. The standard InChI is InChI=1S/C26H30N2O2/c1-19(2)30-24-11-6-10-23(17-24)27-26(29)21-13-15-28(16-14-21)18-22-9-5-8-20-7-3-4-12-25(20)22/h3-12,17,19,21H,13-16,18H2,1-2H3,(H,27,29). The van der Waals surface area contributed by atoms with Gasteiger partial charge in [-0.1, -0.05) is 48.5 Å². The van der Waals surface area contributed by atoms with Crippen LogP contribution in [0.15, 0.2) is 66.7 Å². The third-order valence-electron chi connectivity index (χ3n) is 5.71. The summed E-state index contributed by atoms with van der Waals surface area (Å²) < 4.78 is 5.73. The van der Waals surface area contributed by atoms with Gasteiger partial charge in [0, 0.05) is 24.2 Å². The lowest BCUT2D eigenvalue weighted by molar-refractivity contribution is -0.121. The van der Waals surface area contributed by atoms with Gasteiger partial charge in [0.1, 0.15) is 5.75 Å². The number of carbonyl (C=O) groups is 1. The fraction of sp³-hybridized carbons (Fsp3) is 0.346. The second kappa shape index (κ2) is 9.31. The molecule has 156 valence electrons. The molecular formula is C26H30N2O2. The number of nitrogens with zero attached hydrogens (tertiary/aromatic N) is 1. The minimum Gasteiger partial charge on any atom is -0.491 e. The summed E-state index contributed by atoms with van der Waals surface area (Å²) in [5.74, 6) is 0.956. The van der Waals surface area contributed by atoms with Gasteiger partial charge in [0.05, 0.1) is 6.10 Å². The Morgan fingerprint density at radius 3 is 2.57 bits per heavy atom. The lowest BCUT2D eigenvalue weighted by atomic mass is 9.95. The molecule has 4 rings (SSSR count). The Morgan fingerprint density at radius 1 is 1.03 bits per heavy atom. The number of amides is 1. The second-order valence-electron chi connectivity index (χ2n) is 8.37. The summed E-state index contributed by atoms with van der Waals surface area (Å²) >= 11 is 0. The Kier molecular flexibility index (Phi) is 6.34. The summed E-state index contributed by atoms with van der Waals surface area (Å²) in [6.45, 7) is 6.81. The molecule has 4 nitrogen and oxygen atoms in total. The van der Waals surface area contributed by atoms with Gasteiger partial charge in [-0.15, -0.1) is 0 Å². The van der Waals surface area contributed by atoms with E-state index >= 15 is 0 Å². The predicted molar refractivity (Wildman–Crippen MR) is 123 cm³/mol. The molecule has 3 aromatic carbocycles. The van der Waals surface area contributed by atoms with Crippen LogP contribution in [0.1, 0.15) is 32.3 Å². The van der Waals surface area contributed by atoms with Gasteiger partial charge >= 0.3 is 0 Å². The molecule has 4 heteroatoms. The van der Waals surface area contributed by atoms with Crippen LogP contribution in [0, 0.1) is 5.92 Å². The second-order valence-corrected chi connectivity index (χ2v) is 8.37. The third-order valence-corrected chi connectivity index (χ3v) is 5.71. The van der Waals surface area contributed by atoms with Gasteiger partial charge in [-0.05, 0) is 68.2 Å². The SMILES string of the molecule is CC(C)Oc1cccc(NC(=O)C2CCN(Cc3cccc4ccccc34)CC2)c1. The van der Waals surface area contributed by atoms with Gasteiger partial charge in [-0.3, -0.25) is 9.69 Å². The van der Waals surface area contributed by atoms with Gasteiger partial charge < -0.3 is 10.1 Å². The fourth-order valence-electron chi connectivity index (χ4n) is 4.19. The van der Waals surface area contributed by atoms with Crippen molar-refractivity contribution in [1.82, 2.24) is 4.90 Å². The van der Waals surface area contributed by atoms with E-state index in [-0.39, 0.29) is 17.9 Å². The van der Waals surface area contributed by atoms with Crippen LogP contribution in [0.5, 0.6) is 5.75 Å². The number of hydrogen-bond acceptors (Lipinski definition) is 3. The molecule has 3 aromatic rings. The molecule has 1 fully saturated rings. The molecule has 0 aliphatic carbocycles. The lowest BCUT2D eigenvalue weighted by Gasteiger charge is -2.31. The van der Waals surface area contributed by atoms with Crippen LogP contribution < -0.4 is 10.1 Å². The molecule has 1 aliphatic rings. The zero-order valence-corrected chi connectivity index (χ0v) is 17.8. The van der Waals surface area contributed by atoms with Gasteiger partial charge in [0.2, 0.25) is 5.91 Å². The first-order valence-corrected chi connectivity index (χ1v) is 10.8. The average Bonchev–Trinajstić information content (AvgIpc) is 2.74. The maximum Gasteiger partial charge on any atom is 0.227 e. The summed E-state index contributed by atoms with van der Waals surface area (Å²) in [7, 11) is 0. The molecule has 0 radical (unpaired) electrons. The normalized spacial score (nSPS) is 15.4. The molecule has 0 unspecified atom stereocenters. The Bertz CT molecular complexity index is 1000. The van der Waals surface area contributed by atoms with Crippen LogP contribution in [-0.2, 0) is 11.3 Å². The quantitative estimate of drug-likeness (QED) is 0.594. The lowest BCUT2D eigenvalue weighted by Crippen LogP contribution is -2.37. The molecular weight excluding hydrogens is 372 g/mol. The first-order chi connectivity index (χ1) is 14.6. The van der Waals surface area contributed by atoms with Crippen molar-refractivity contribution in [3.8, 4) is 5.75 Å². The highest BCUT2D eigenvalue weighted by Crippen LogP contribution is 2.25. The summed E-state index contributed by atoms with van der Waals surface area (Å²) in [6.07, 6.45) is 1.89. The number of carbonyl (C=O) groups excluding carboxylic acids is 1. The molecule has 30 heavy (non-hydrogen) atoms. The van der Waals surface area contributed by atoms with Crippen LogP contribution >= 0.6 is 0 Å². The van der Waals surface area contributed by atoms with E-state index in [2.05, 4.69) is 52.7 Å². The molecule has 1 aliphatic heterocycles. The number of rotatable bonds is 6. The number of nitrogens with one attached hydrogen (secondary N) is 1. The first-order valence-electron chi connectivity index (χ1n) is 10.8. The van der Waals surface area contributed by atoms with E-state index in [0.29, 0.717) is 0 Å². The first kappa shape index (κ1) is 20.4. The summed E-state index contributed by atoms with van der Waals surface area (Å²) in [4.78, 5) is 15.2. The molecule has 1 amide bonds. The minimum atomic E-state index is 0.0587. The van der Waals surface area contributed by atoms with Crippen molar-refractivity contribution in [3.05, 3.63) is 72.3 Å². The number of anilines is 1. The van der Waals surface area contributed by atoms with Crippen LogP contribution in [-0.4, -0.2) is 30.0 Å². The fourth-order valence-corrected chi connectivity index (χ4v) is 4.19. The van der Waals surface area contributed by atoms with Crippen molar-refractivity contribution in [2.75, 3.05) is 18.4 Å². The monoisotopic (exact) mass is 402 g/mol. The Balaban J connectivity index is 1.32. The third kappa shape index (κ3) is 5.00. The smallest absolute Gasteiger partial charge is 0.227 e. The van der Waals surface area contributed by atoms with E-state index in [9.17, 15) is 4.79 Å². The molecule has 0 atom stereocenters. The van der Waals surface area contributed by atoms with Crippen molar-refractivity contribution >= 4 is 22.4 Å². The average molecular weight is 403 g/mol. The zero-order chi connectivity index (χ0) is 20.9. The van der Waals surface area contributed by atoms with E-state index in [1.165, 1.54) is 16.3 Å². The number of ether oxygens (including phenoxy) is 1. The van der Waals surface area contributed by atoms with Crippen LogP contribution in [0.4, 0.5) is 5.69 Å². The van der Waals surface area contributed by atoms with E-state index in [1.54, 1.807) is 0 Å². The summed E-state index contributed by atoms with van der Waals surface area (Å²) in [5, 5.41) is 5.68. The zero-order valence-electron chi connectivity index (χ0n) is 17.8. The van der Waals surface area contributed by atoms with Crippen molar-refractivity contribution in [3.63, 3.8) is 0 Å². The number of hydrogen-bond donors (Lipinski definition) is 1. The molecule has 1 heterocycles. The molecule has 1 saturated heterocycles. The van der Waals surface area contributed by atoms with Crippen molar-refractivity contribution in [2.45, 2.75) is 39.3 Å². The molecule has 0 spiro atoms. The summed E-state index contributed by atoms with van der Waals surface area (Å²) in [6, 6.07) is 22.7. The van der Waals surface area contributed by atoms with Crippen molar-refractivity contribution < 1.29 is 9.53 Å². The van der Waals surface area contributed by atoms with Crippen molar-refractivity contribution in [1.29, 1.82) is 0 Å². The summed E-state index contributed by atoms with van der Waals surface area (Å²) in [5.41, 5.74) is 2.16. The van der Waals surface area contributed by atoms with Gasteiger partial charge in [-0.25, -0.2) is 0 Å². The van der Waals surface area contributed by atoms with Crippen LogP contribution in [0.3, 0.4) is 0 Å². The highest BCUT2D eigenvalue weighted by atomic mass is 16.5. The minimum absolute atomic E-state index is 0.0587. The Labute approximate surface area is 178 Å². The largest absolute Gasteiger partial charge is 0.491 e. The van der Waals surface area contributed by atoms with Crippen LogP contribution in [0.25, 0.3) is 10.8 Å². The van der Waals surface area contributed by atoms with E-state index < -0.39 is 0 Å². The number of fused-ring (bicyclic) bond motifs is 1. The highest BCUT2D eigenvalue weighted by molar-refractivity contribution is 5.92. The van der Waals surface area contributed by atoms with Crippen molar-refractivity contribution in [2.24, 2.45) is 5.92 Å². The predicted octanol–water partition coefficient (Wildman–Crippen LogP) is 5.48. The van der Waals surface area contributed by atoms with Crippen LogP contribution in [0.2, 0.25) is 0 Å². The number of piperidine rings is 1. The van der Waals surface area contributed by atoms with E-state index in [4.69, 9.17) is 4.74 Å².